The van der Waals surface area contributed by atoms with Gasteiger partial charge in [-0.25, -0.2) is 0 Å². The fourth-order valence-corrected chi connectivity index (χ4v) is 4.17. The highest BCUT2D eigenvalue weighted by Crippen LogP contribution is 2.48. The number of Topliss-reactive ketones (excluding diaryl/α,β-unsaturated/α-hetero) is 1. The maximum absolute atomic E-state index is 12.2. The first-order valence-corrected chi connectivity index (χ1v) is 7.68. The molecule has 0 aliphatic heterocycles. The third-order valence-corrected chi connectivity index (χ3v) is 5.39. The minimum atomic E-state index is 0.110. The lowest BCUT2D eigenvalue weighted by Gasteiger charge is -2.45. The van der Waals surface area contributed by atoms with Gasteiger partial charge in [0, 0.05) is 17.8 Å². The van der Waals surface area contributed by atoms with E-state index in [-0.39, 0.29) is 11.3 Å². The molecule has 0 saturated heterocycles. The van der Waals surface area contributed by atoms with Crippen molar-refractivity contribution in [1.82, 2.24) is 0 Å². The largest absolute Gasteiger partial charge is 0.299 e. The lowest BCUT2D eigenvalue weighted by molar-refractivity contribution is -0.128. The summed E-state index contributed by atoms with van der Waals surface area (Å²) < 4.78 is 0. The molecular formula is C18H24O. The molecule has 0 N–H and O–H groups in total. The molecule has 1 nitrogen and oxygen atoms in total. The summed E-state index contributed by atoms with van der Waals surface area (Å²) in [5.41, 5.74) is 4.50. The molecule has 2 atom stereocenters. The molecule has 2 aliphatic carbocycles. The van der Waals surface area contributed by atoms with E-state index in [2.05, 4.69) is 39.0 Å². The zero-order chi connectivity index (χ0) is 13.6. The Morgan fingerprint density at radius 1 is 1.26 bits per heavy atom. The van der Waals surface area contributed by atoms with Crippen molar-refractivity contribution in [2.45, 2.75) is 64.2 Å². The summed E-state index contributed by atoms with van der Waals surface area (Å²) >= 11 is 0. The third-order valence-electron chi connectivity index (χ3n) is 5.39. The molecule has 102 valence electrons. The van der Waals surface area contributed by atoms with Gasteiger partial charge in [0.1, 0.15) is 5.78 Å². The molecule has 1 heteroatoms. The second kappa shape index (κ2) is 4.47. The van der Waals surface area contributed by atoms with Crippen molar-refractivity contribution in [2.75, 3.05) is 0 Å². The number of benzene rings is 1. The van der Waals surface area contributed by atoms with Gasteiger partial charge < -0.3 is 0 Å². The van der Waals surface area contributed by atoms with E-state index in [1.165, 1.54) is 23.1 Å². The Labute approximate surface area is 116 Å². The van der Waals surface area contributed by atoms with Gasteiger partial charge in [-0.2, -0.15) is 0 Å². The van der Waals surface area contributed by atoms with Gasteiger partial charge in [-0.1, -0.05) is 39.0 Å². The molecule has 0 radical (unpaired) electrons. The molecule has 1 aromatic rings. The average Bonchev–Trinajstić information content (AvgIpc) is 2.38. The topological polar surface area (TPSA) is 17.1 Å². The lowest BCUT2D eigenvalue weighted by Crippen LogP contribution is -2.44. The third kappa shape index (κ3) is 1.94. The Hall–Kier alpha value is -1.11. The highest BCUT2D eigenvalue weighted by molar-refractivity contribution is 5.84. The number of hydrogen-bond acceptors (Lipinski definition) is 1. The van der Waals surface area contributed by atoms with Crippen molar-refractivity contribution in [3.63, 3.8) is 0 Å². The Balaban J connectivity index is 2.06. The number of fused-ring (bicyclic) bond motifs is 3. The monoisotopic (exact) mass is 256 g/mol. The predicted molar refractivity (Wildman–Crippen MR) is 78.6 cm³/mol. The summed E-state index contributed by atoms with van der Waals surface area (Å²) in [5, 5.41) is 0. The maximum atomic E-state index is 12.2. The van der Waals surface area contributed by atoms with E-state index in [4.69, 9.17) is 0 Å². The van der Waals surface area contributed by atoms with Crippen LogP contribution in [0.2, 0.25) is 0 Å². The fourth-order valence-electron chi connectivity index (χ4n) is 4.17. The molecule has 0 bridgehead atoms. The quantitative estimate of drug-likeness (QED) is 0.728. The van der Waals surface area contributed by atoms with Crippen LogP contribution in [0.3, 0.4) is 0 Å². The van der Waals surface area contributed by atoms with E-state index < -0.39 is 0 Å². The molecule has 1 saturated carbocycles. The number of ketones is 1. The smallest absolute Gasteiger partial charge is 0.136 e. The first-order chi connectivity index (χ1) is 9.02. The van der Waals surface area contributed by atoms with Gasteiger partial charge in [0.25, 0.3) is 0 Å². The van der Waals surface area contributed by atoms with Gasteiger partial charge in [0.05, 0.1) is 0 Å². The Kier molecular flexibility index (Phi) is 3.03. The number of aryl methyl sites for hydroxylation is 1. The lowest BCUT2D eigenvalue weighted by atomic mass is 9.57. The molecule has 0 amide bonds. The summed E-state index contributed by atoms with van der Waals surface area (Å²) in [7, 11) is 0. The van der Waals surface area contributed by atoms with Crippen molar-refractivity contribution in [3.8, 4) is 0 Å². The number of hydrogen-bond donors (Lipinski definition) is 0. The van der Waals surface area contributed by atoms with Crippen LogP contribution in [-0.4, -0.2) is 5.78 Å². The number of carbonyl (C=O) groups is 1. The van der Waals surface area contributed by atoms with Crippen LogP contribution in [-0.2, 0) is 16.6 Å². The van der Waals surface area contributed by atoms with E-state index in [9.17, 15) is 4.79 Å². The van der Waals surface area contributed by atoms with Crippen molar-refractivity contribution in [1.29, 1.82) is 0 Å². The van der Waals surface area contributed by atoms with E-state index in [0.717, 1.165) is 25.7 Å². The average molecular weight is 256 g/mol. The van der Waals surface area contributed by atoms with E-state index in [1.807, 2.05) is 0 Å². The zero-order valence-corrected chi connectivity index (χ0v) is 12.3. The first-order valence-electron chi connectivity index (χ1n) is 7.68. The predicted octanol–water partition coefficient (Wildman–Crippen LogP) is 4.38. The Morgan fingerprint density at radius 2 is 2.05 bits per heavy atom. The first kappa shape index (κ1) is 12.9. The standard InChI is InChI=1S/C18H24O/c1-12(2)13-6-8-15-14(11-13)7-9-16-17(19)5-4-10-18(15,16)3/h6,8,11-12,16H,4-5,7,9-10H2,1-3H3/t16-,18+/m0/s1. The summed E-state index contributed by atoms with van der Waals surface area (Å²) in [6.45, 7) is 6.82. The molecular weight excluding hydrogens is 232 g/mol. The highest BCUT2D eigenvalue weighted by Gasteiger charge is 2.45. The summed E-state index contributed by atoms with van der Waals surface area (Å²) in [6.07, 6.45) is 5.19. The van der Waals surface area contributed by atoms with Crippen LogP contribution in [0, 0.1) is 5.92 Å². The molecule has 0 unspecified atom stereocenters. The van der Waals surface area contributed by atoms with E-state index in [1.54, 1.807) is 0 Å². The van der Waals surface area contributed by atoms with Crippen LogP contribution in [0.4, 0.5) is 0 Å². The van der Waals surface area contributed by atoms with Gasteiger partial charge >= 0.3 is 0 Å². The van der Waals surface area contributed by atoms with Crippen molar-refractivity contribution < 1.29 is 4.79 Å². The van der Waals surface area contributed by atoms with Crippen molar-refractivity contribution in [3.05, 3.63) is 34.9 Å². The van der Waals surface area contributed by atoms with Crippen LogP contribution in [0.15, 0.2) is 18.2 Å². The molecule has 1 aromatic carbocycles. The van der Waals surface area contributed by atoms with Gasteiger partial charge in [-0.3, -0.25) is 4.79 Å². The molecule has 0 aromatic heterocycles. The number of rotatable bonds is 1. The van der Waals surface area contributed by atoms with Crippen LogP contribution in [0.25, 0.3) is 0 Å². The van der Waals surface area contributed by atoms with Crippen molar-refractivity contribution >= 4 is 5.78 Å². The van der Waals surface area contributed by atoms with Gasteiger partial charge in [0.15, 0.2) is 0 Å². The SMILES string of the molecule is CC(C)c1ccc2c(c1)CC[C@H]1C(=O)CCC[C@]21C. The summed E-state index contributed by atoms with van der Waals surface area (Å²) in [6, 6.07) is 6.98. The van der Waals surface area contributed by atoms with E-state index >= 15 is 0 Å². The van der Waals surface area contributed by atoms with Crippen LogP contribution >= 0.6 is 0 Å². The number of carbonyl (C=O) groups excluding carboxylic acids is 1. The van der Waals surface area contributed by atoms with Crippen LogP contribution in [0.5, 0.6) is 0 Å². The maximum Gasteiger partial charge on any atom is 0.136 e. The summed E-state index contributed by atoms with van der Waals surface area (Å²) in [5.74, 6) is 1.37. The van der Waals surface area contributed by atoms with E-state index in [0.29, 0.717) is 11.7 Å². The fraction of sp³-hybridized carbons (Fsp3) is 0.611. The molecule has 0 heterocycles. The normalized spacial score (nSPS) is 30.1. The minimum Gasteiger partial charge on any atom is -0.299 e. The van der Waals surface area contributed by atoms with Gasteiger partial charge in [-0.15, -0.1) is 0 Å². The molecule has 2 aliphatic rings. The van der Waals surface area contributed by atoms with Crippen LogP contribution < -0.4 is 0 Å². The second-order valence-corrected chi connectivity index (χ2v) is 6.90. The van der Waals surface area contributed by atoms with Crippen LogP contribution in [0.1, 0.15) is 69.1 Å². The Morgan fingerprint density at radius 3 is 2.79 bits per heavy atom. The summed E-state index contributed by atoms with van der Waals surface area (Å²) in [4.78, 5) is 12.2. The molecule has 1 fully saturated rings. The Bertz CT molecular complexity index is 514. The minimum absolute atomic E-state index is 0.110. The highest BCUT2D eigenvalue weighted by atomic mass is 16.1. The van der Waals surface area contributed by atoms with Gasteiger partial charge in [-0.05, 0) is 48.3 Å². The van der Waals surface area contributed by atoms with Crippen molar-refractivity contribution in [2.24, 2.45) is 5.92 Å². The molecule has 3 rings (SSSR count). The van der Waals surface area contributed by atoms with Gasteiger partial charge in [0.2, 0.25) is 0 Å². The second-order valence-electron chi connectivity index (χ2n) is 6.90. The zero-order valence-electron chi connectivity index (χ0n) is 12.3. The molecule has 0 spiro atoms. The molecule has 19 heavy (non-hydrogen) atoms.